The van der Waals surface area contributed by atoms with Crippen LogP contribution >= 0.6 is 66.7 Å². The number of halogens is 5. The number of aromatic nitrogens is 2. The fourth-order valence-electron chi connectivity index (χ4n) is 7.98. The van der Waals surface area contributed by atoms with Gasteiger partial charge in [0.05, 0.1) is 22.1 Å². The number of hydrogen-bond acceptors (Lipinski definition) is 2. The lowest BCUT2D eigenvalue weighted by atomic mass is 9.81. The molecule has 0 amide bonds. The lowest BCUT2D eigenvalue weighted by Crippen LogP contribution is -2.29. The Morgan fingerprint density at radius 1 is 0.344 bits per heavy atom. The SMILES string of the molecule is Brc1ccc2c(c1)c1cc(Br)ccc1n2-c1ccccc1.Clc1ccc(-c2ccc3c(c2)c2cc(-c4ccc(Cl)cc4)ccc2n3-c2ccccc2)cc1.OB(O)c1ccc(Cl)cc1. The lowest BCUT2D eigenvalue weighted by molar-refractivity contribution is 0.426. The summed E-state index contributed by atoms with van der Waals surface area (Å²) < 4.78 is 6.84. The van der Waals surface area contributed by atoms with Crippen molar-refractivity contribution in [2.45, 2.75) is 0 Å². The molecule has 0 bridgehead atoms. The largest absolute Gasteiger partial charge is 0.488 e. The van der Waals surface area contributed by atoms with E-state index in [4.69, 9.17) is 44.9 Å². The van der Waals surface area contributed by atoms with E-state index in [1.54, 1.807) is 24.3 Å². The Bertz CT molecular complexity index is 3240. The van der Waals surface area contributed by atoms with E-state index < -0.39 is 7.12 Å². The van der Waals surface area contributed by atoms with Gasteiger partial charge in [-0.2, -0.15) is 0 Å². The quantitative estimate of drug-likeness (QED) is 0.169. The first-order valence-electron chi connectivity index (χ1n) is 20.3. The number of benzene rings is 9. The summed E-state index contributed by atoms with van der Waals surface area (Å²) in [5.41, 5.74) is 12.2. The zero-order valence-corrected chi connectivity index (χ0v) is 39.3. The third kappa shape index (κ3) is 9.30. The van der Waals surface area contributed by atoms with E-state index in [0.717, 1.165) is 35.8 Å². The van der Waals surface area contributed by atoms with Crippen LogP contribution in [0.5, 0.6) is 0 Å². The van der Waals surface area contributed by atoms with Crippen molar-refractivity contribution in [2.75, 3.05) is 0 Å². The molecule has 0 unspecified atom stereocenters. The van der Waals surface area contributed by atoms with Crippen LogP contribution in [-0.4, -0.2) is 26.3 Å². The van der Waals surface area contributed by atoms with Crippen LogP contribution in [0, 0.1) is 0 Å². The normalized spacial score (nSPS) is 11.0. The summed E-state index contributed by atoms with van der Waals surface area (Å²) in [7, 11) is -1.41. The molecule has 2 aromatic heterocycles. The van der Waals surface area contributed by atoms with Crippen molar-refractivity contribution in [3.8, 4) is 33.6 Å². The van der Waals surface area contributed by atoms with Gasteiger partial charge >= 0.3 is 7.12 Å². The van der Waals surface area contributed by atoms with Crippen LogP contribution in [0.25, 0.3) is 77.2 Å². The van der Waals surface area contributed by atoms with Crippen molar-refractivity contribution in [1.82, 2.24) is 9.13 Å². The summed E-state index contributed by atoms with van der Waals surface area (Å²) in [6.07, 6.45) is 0. The summed E-state index contributed by atoms with van der Waals surface area (Å²) in [6.45, 7) is 0. The van der Waals surface area contributed by atoms with Gasteiger partial charge in [0.15, 0.2) is 0 Å². The first-order chi connectivity index (χ1) is 31.1. The van der Waals surface area contributed by atoms with Gasteiger partial charge in [-0.1, -0.05) is 152 Å². The van der Waals surface area contributed by atoms with E-state index in [9.17, 15) is 0 Å². The number of fused-ring (bicyclic) bond motifs is 6. The summed E-state index contributed by atoms with van der Waals surface area (Å²) in [4.78, 5) is 0. The van der Waals surface area contributed by atoms with Gasteiger partial charge in [-0.15, -0.1) is 0 Å². The second-order valence-corrected chi connectivity index (χ2v) is 18.2. The average Bonchev–Trinajstić information content (AvgIpc) is 3.81. The highest BCUT2D eigenvalue weighted by molar-refractivity contribution is 9.10. The standard InChI is InChI=1S/C30H19Cl2N.C18H11Br2N.C6H6BClO2/c31-24-12-6-20(7-13-24)22-10-16-29-27(18-22)28-19-23(21-8-14-25(32)15-9-21)11-17-30(28)33(29)26-4-2-1-3-5-26;19-12-6-8-17-15(10-12)16-11-13(20)7-9-18(16)21(17)14-4-2-1-3-5-14;8-6-3-1-5(2-4-6)7(9)10/h1-19H;1-11H;1-4,9-10H. The first kappa shape index (κ1) is 43.6. The zero-order chi connectivity index (χ0) is 44.3. The van der Waals surface area contributed by atoms with E-state index in [2.05, 4.69) is 193 Å². The maximum atomic E-state index is 8.63. The highest BCUT2D eigenvalue weighted by atomic mass is 79.9. The number of para-hydroxylation sites is 2. The van der Waals surface area contributed by atoms with E-state index in [1.807, 2.05) is 30.3 Å². The van der Waals surface area contributed by atoms with Crippen molar-refractivity contribution >= 4 is 123 Å². The minimum absolute atomic E-state index is 0.449. The van der Waals surface area contributed by atoms with Crippen LogP contribution in [0.4, 0.5) is 0 Å². The Morgan fingerprint density at radius 2 is 0.656 bits per heavy atom. The molecule has 0 saturated heterocycles. The second-order valence-electron chi connectivity index (χ2n) is 15.1. The average molecular weight is 1020 g/mol. The molecule has 11 rings (SSSR count). The molecule has 0 atom stereocenters. The maximum Gasteiger partial charge on any atom is 0.488 e. The van der Waals surface area contributed by atoms with Crippen molar-refractivity contribution in [3.63, 3.8) is 0 Å². The molecular formula is C54H36BBr2Cl3N2O2. The Balaban J connectivity index is 0.000000142. The van der Waals surface area contributed by atoms with Crippen LogP contribution in [0.2, 0.25) is 15.1 Å². The molecule has 9 aromatic carbocycles. The van der Waals surface area contributed by atoms with Gasteiger partial charge in [-0.25, -0.2) is 0 Å². The van der Waals surface area contributed by atoms with E-state index >= 15 is 0 Å². The van der Waals surface area contributed by atoms with Crippen molar-refractivity contribution in [3.05, 3.63) is 230 Å². The van der Waals surface area contributed by atoms with Crippen LogP contribution in [0.3, 0.4) is 0 Å². The van der Waals surface area contributed by atoms with Crippen molar-refractivity contribution in [1.29, 1.82) is 0 Å². The molecule has 4 nitrogen and oxygen atoms in total. The Hall–Kier alpha value is -5.61. The van der Waals surface area contributed by atoms with Crippen molar-refractivity contribution < 1.29 is 10.0 Å². The van der Waals surface area contributed by atoms with E-state index in [1.165, 1.54) is 60.4 Å². The van der Waals surface area contributed by atoms with Gasteiger partial charge in [-0.05, 0) is 149 Å². The molecule has 0 spiro atoms. The Kier molecular flexibility index (Phi) is 13.1. The first-order valence-corrected chi connectivity index (χ1v) is 23.0. The third-order valence-corrected chi connectivity index (χ3v) is 12.7. The predicted octanol–water partition coefficient (Wildman–Crippen LogP) is 15.8. The minimum atomic E-state index is -1.41. The van der Waals surface area contributed by atoms with Crippen molar-refractivity contribution in [2.24, 2.45) is 0 Å². The Labute approximate surface area is 402 Å². The highest BCUT2D eigenvalue weighted by Gasteiger charge is 2.16. The molecule has 312 valence electrons. The molecule has 2 heterocycles. The molecule has 2 N–H and O–H groups in total. The van der Waals surface area contributed by atoms with Crippen LogP contribution < -0.4 is 5.46 Å². The highest BCUT2D eigenvalue weighted by Crippen LogP contribution is 2.38. The van der Waals surface area contributed by atoms with E-state index in [-0.39, 0.29) is 0 Å². The molecule has 0 radical (unpaired) electrons. The molecule has 0 saturated carbocycles. The van der Waals surface area contributed by atoms with Gasteiger partial charge in [0.2, 0.25) is 0 Å². The van der Waals surface area contributed by atoms with Crippen LogP contribution in [-0.2, 0) is 0 Å². The van der Waals surface area contributed by atoms with Gasteiger partial charge in [0, 0.05) is 56.9 Å². The molecule has 64 heavy (non-hydrogen) atoms. The number of nitrogens with zero attached hydrogens (tertiary/aromatic N) is 2. The third-order valence-electron chi connectivity index (χ3n) is 11.0. The summed E-state index contributed by atoms with van der Waals surface area (Å²) in [5.74, 6) is 0. The smallest absolute Gasteiger partial charge is 0.423 e. The summed E-state index contributed by atoms with van der Waals surface area (Å²) in [5, 5.41) is 24.3. The van der Waals surface area contributed by atoms with E-state index in [0.29, 0.717) is 10.5 Å². The molecule has 0 aliphatic carbocycles. The molecule has 0 aliphatic rings. The maximum absolute atomic E-state index is 8.63. The molecule has 11 aromatic rings. The minimum Gasteiger partial charge on any atom is -0.423 e. The van der Waals surface area contributed by atoms with Crippen LogP contribution in [0.1, 0.15) is 0 Å². The Morgan fingerprint density at radius 3 is 1.02 bits per heavy atom. The number of hydrogen-bond donors (Lipinski definition) is 2. The number of rotatable bonds is 5. The molecule has 0 aliphatic heterocycles. The van der Waals surface area contributed by atoms with Crippen LogP contribution in [0.15, 0.2) is 215 Å². The zero-order valence-electron chi connectivity index (χ0n) is 33.9. The van der Waals surface area contributed by atoms with Gasteiger partial charge in [0.1, 0.15) is 0 Å². The topological polar surface area (TPSA) is 50.3 Å². The molecular weight excluding hydrogens is 986 g/mol. The predicted molar refractivity (Wildman–Crippen MR) is 279 cm³/mol. The van der Waals surface area contributed by atoms with Gasteiger partial charge < -0.3 is 19.2 Å². The summed E-state index contributed by atoms with van der Waals surface area (Å²) in [6, 6.07) is 69.6. The lowest BCUT2D eigenvalue weighted by Gasteiger charge is -2.08. The van der Waals surface area contributed by atoms with Gasteiger partial charge in [-0.3, -0.25) is 0 Å². The molecule has 0 fully saturated rings. The molecule has 10 heteroatoms. The van der Waals surface area contributed by atoms with Gasteiger partial charge in [0.25, 0.3) is 0 Å². The second kappa shape index (κ2) is 19.2. The monoisotopic (exact) mass is 1020 g/mol. The fraction of sp³-hybridized carbons (Fsp3) is 0. The summed E-state index contributed by atoms with van der Waals surface area (Å²) >= 11 is 25.0. The fourth-order valence-corrected chi connectivity index (χ4v) is 9.08.